The van der Waals surface area contributed by atoms with Crippen molar-refractivity contribution in [2.45, 2.75) is 12.8 Å². The zero-order valence-corrected chi connectivity index (χ0v) is 10.7. The number of nitrogens with zero attached hydrogens (tertiary/aromatic N) is 2. The zero-order valence-electron chi connectivity index (χ0n) is 10.7. The van der Waals surface area contributed by atoms with Crippen molar-refractivity contribution in [3.05, 3.63) is 0 Å². The van der Waals surface area contributed by atoms with Gasteiger partial charge in [0.1, 0.15) is 0 Å². The standard InChI is InChI=1S/C12H24N4O/c1-13-12(17)16-6-2-3-11(10-16)9-15-7-4-14-5-8-15/h11,14H,2-10H2,1H3,(H,13,17). The predicted octanol–water partition coefficient (Wildman–Crippen LogP) is -0.0570. The molecule has 0 bridgehead atoms. The van der Waals surface area contributed by atoms with Gasteiger partial charge in [-0.15, -0.1) is 0 Å². The van der Waals surface area contributed by atoms with Crippen molar-refractivity contribution < 1.29 is 4.79 Å². The minimum absolute atomic E-state index is 0.0787. The predicted molar refractivity (Wildman–Crippen MR) is 68.1 cm³/mol. The molecule has 0 spiro atoms. The fourth-order valence-corrected chi connectivity index (χ4v) is 2.82. The van der Waals surface area contributed by atoms with Crippen LogP contribution in [-0.2, 0) is 0 Å². The van der Waals surface area contributed by atoms with Crippen LogP contribution in [0.2, 0.25) is 0 Å². The Morgan fingerprint density at radius 1 is 1.35 bits per heavy atom. The van der Waals surface area contributed by atoms with Crippen LogP contribution >= 0.6 is 0 Å². The van der Waals surface area contributed by atoms with Crippen LogP contribution in [-0.4, -0.2) is 68.7 Å². The largest absolute Gasteiger partial charge is 0.341 e. The highest BCUT2D eigenvalue weighted by atomic mass is 16.2. The molecule has 2 aliphatic rings. The summed E-state index contributed by atoms with van der Waals surface area (Å²) < 4.78 is 0. The molecule has 0 aromatic rings. The minimum atomic E-state index is 0.0787. The summed E-state index contributed by atoms with van der Waals surface area (Å²) in [5.41, 5.74) is 0. The number of rotatable bonds is 2. The molecule has 2 N–H and O–H groups in total. The van der Waals surface area contributed by atoms with Crippen LogP contribution in [0.15, 0.2) is 0 Å². The van der Waals surface area contributed by atoms with Crippen LogP contribution in [0.25, 0.3) is 0 Å². The Morgan fingerprint density at radius 2 is 2.12 bits per heavy atom. The van der Waals surface area contributed by atoms with Gasteiger partial charge in [-0.1, -0.05) is 0 Å². The molecular formula is C12H24N4O. The van der Waals surface area contributed by atoms with E-state index in [1.807, 2.05) is 4.90 Å². The number of piperidine rings is 1. The highest BCUT2D eigenvalue weighted by molar-refractivity contribution is 5.73. The maximum absolute atomic E-state index is 11.6. The Balaban J connectivity index is 1.78. The van der Waals surface area contributed by atoms with Gasteiger partial charge < -0.3 is 20.4 Å². The number of carbonyl (C=O) groups is 1. The van der Waals surface area contributed by atoms with Crippen LogP contribution in [0.4, 0.5) is 4.79 Å². The lowest BCUT2D eigenvalue weighted by Crippen LogP contribution is -2.50. The maximum atomic E-state index is 11.6. The molecule has 2 rings (SSSR count). The van der Waals surface area contributed by atoms with Crippen LogP contribution in [0.5, 0.6) is 0 Å². The molecular weight excluding hydrogens is 216 g/mol. The molecule has 98 valence electrons. The molecule has 0 aromatic carbocycles. The van der Waals surface area contributed by atoms with E-state index >= 15 is 0 Å². The molecule has 0 aliphatic carbocycles. The summed E-state index contributed by atoms with van der Waals surface area (Å²) in [7, 11) is 1.71. The van der Waals surface area contributed by atoms with E-state index < -0.39 is 0 Å². The normalized spacial score (nSPS) is 26.9. The quantitative estimate of drug-likeness (QED) is 0.711. The number of hydrogen-bond acceptors (Lipinski definition) is 3. The second-order valence-electron chi connectivity index (χ2n) is 5.06. The van der Waals surface area contributed by atoms with Crippen LogP contribution in [0.1, 0.15) is 12.8 Å². The molecule has 5 nitrogen and oxygen atoms in total. The molecule has 2 heterocycles. The van der Waals surface area contributed by atoms with Crippen LogP contribution in [0, 0.1) is 5.92 Å². The minimum Gasteiger partial charge on any atom is -0.341 e. The third-order valence-electron chi connectivity index (χ3n) is 3.75. The molecule has 1 atom stereocenters. The molecule has 0 aromatic heterocycles. The molecule has 17 heavy (non-hydrogen) atoms. The van der Waals surface area contributed by atoms with Gasteiger partial charge in [-0.3, -0.25) is 0 Å². The van der Waals surface area contributed by atoms with Crippen LogP contribution in [0.3, 0.4) is 0 Å². The summed E-state index contributed by atoms with van der Waals surface area (Å²) in [6.07, 6.45) is 2.40. The maximum Gasteiger partial charge on any atom is 0.317 e. The Labute approximate surface area is 104 Å². The fourth-order valence-electron chi connectivity index (χ4n) is 2.82. The van der Waals surface area contributed by atoms with Crippen molar-refractivity contribution in [3.63, 3.8) is 0 Å². The first-order chi connectivity index (χ1) is 8.29. The van der Waals surface area contributed by atoms with E-state index in [1.54, 1.807) is 7.05 Å². The van der Waals surface area contributed by atoms with Crippen molar-refractivity contribution in [2.75, 3.05) is 52.9 Å². The lowest BCUT2D eigenvalue weighted by Gasteiger charge is -2.36. The van der Waals surface area contributed by atoms with Gasteiger partial charge in [0.2, 0.25) is 0 Å². The van der Waals surface area contributed by atoms with E-state index in [-0.39, 0.29) is 6.03 Å². The molecule has 2 saturated heterocycles. The summed E-state index contributed by atoms with van der Waals surface area (Å²) in [6, 6.07) is 0.0787. The van der Waals surface area contributed by atoms with Crippen molar-refractivity contribution >= 4 is 6.03 Å². The van der Waals surface area contributed by atoms with Crippen molar-refractivity contribution in [1.29, 1.82) is 0 Å². The summed E-state index contributed by atoms with van der Waals surface area (Å²) in [5.74, 6) is 0.652. The van der Waals surface area contributed by atoms with Gasteiger partial charge in [-0.05, 0) is 18.8 Å². The monoisotopic (exact) mass is 240 g/mol. The first kappa shape index (κ1) is 12.6. The number of nitrogens with one attached hydrogen (secondary N) is 2. The Kier molecular flexibility index (Phi) is 4.62. The SMILES string of the molecule is CNC(=O)N1CCCC(CN2CCNCC2)C1. The zero-order chi connectivity index (χ0) is 12.1. The molecule has 0 radical (unpaired) electrons. The van der Waals surface area contributed by atoms with Gasteiger partial charge in [-0.2, -0.15) is 0 Å². The summed E-state index contributed by atoms with van der Waals surface area (Å²) in [5, 5.41) is 6.09. The molecule has 5 heteroatoms. The van der Waals surface area contributed by atoms with E-state index in [2.05, 4.69) is 15.5 Å². The number of piperazine rings is 1. The highest BCUT2D eigenvalue weighted by Gasteiger charge is 2.24. The summed E-state index contributed by atoms with van der Waals surface area (Å²) in [4.78, 5) is 16.1. The molecule has 1 unspecified atom stereocenters. The van der Waals surface area contributed by atoms with E-state index in [4.69, 9.17) is 0 Å². The Hall–Kier alpha value is -0.810. The van der Waals surface area contributed by atoms with Crippen molar-refractivity contribution in [3.8, 4) is 0 Å². The lowest BCUT2D eigenvalue weighted by atomic mass is 9.97. The van der Waals surface area contributed by atoms with Gasteiger partial charge in [0, 0.05) is 52.9 Å². The average molecular weight is 240 g/mol. The molecule has 2 amide bonds. The van der Waals surface area contributed by atoms with Gasteiger partial charge in [-0.25, -0.2) is 4.79 Å². The van der Waals surface area contributed by atoms with Crippen molar-refractivity contribution in [2.24, 2.45) is 5.92 Å². The number of amides is 2. The third kappa shape index (κ3) is 3.57. The van der Waals surface area contributed by atoms with Crippen LogP contribution < -0.4 is 10.6 Å². The topological polar surface area (TPSA) is 47.6 Å². The second kappa shape index (κ2) is 6.21. The molecule has 2 aliphatic heterocycles. The second-order valence-corrected chi connectivity index (χ2v) is 5.06. The van der Waals surface area contributed by atoms with E-state index in [1.165, 1.54) is 6.42 Å². The van der Waals surface area contributed by atoms with Crippen molar-refractivity contribution in [1.82, 2.24) is 20.4 Å². The fraction of sp³-hybridized carbons (Fsp3) is 0.917. The highest BCUT2D eigenvalue weighted by Crippen LogP contribution is 2.17. The number of carbonyl (C=O) groups excluding carboxylic acids is 1. The summed E-state index contributed by atoms with van der Waals surface area (Å²) in [6.45, 7) is 7.49. The first-order valence-corrected chi connectivity index (χ1v) is 6.69. The van der Waals surface area contributed by atoms with Gasteiger partial charge in [0.25, 0.3) is 0 Å². The Morgan fingerprint density at radius 3 is 2.82 bits per heavy atom. The van der Waals surface area contributed by atoms with Gasteiger partial charge in [0.15, 0.2) is 0 Å². The van der Waals surface area contributed by atoms with Gasteiger partial charge >= 0.3 is 6.03 Å². The average Bonchev–Trinajstić information content (AvgIpc) is 2.39. The van der Waals surface area contributed by atoms with E-state index in [9.17, 15) is 4.79 Å². The third-order valence-corrected chi connectivity index (χ3v) is 3.75. The Bertz CT molecular complexity index is 253. The number of likely N-dealkylation sites (tertiary alicyclic amines) is 1. The van der Waals surface area contributed by atoms with Gasteiger partial charge in [0.05, 0.1) is 0 Å². The lowest BCUT2D eigenvalue weighted by molar-refractivity contribution is 0.134. The smallest absolute Gasteiger partial charge is 0.317 e. The first-order valence-electron chi connectivity index (χ1n) is 6.69. The van der Waals surface area contributed by atoms with E-state index in [0.717, 1.165) is 52.2 Å². The molecule has 0 saturated carbocycles. The summed E-state index contributed by atoms with van der Waals surface area (Å²) >= 11 is 0. The molecule has 2 fully saturated rings. The van der Waals surface area contributed by atoms with E-state index in [0.29, 0.717) is 5.92 Å². The number of urea groups is 1. The number of hydrogen-bond donors (Lipinski definition) is 2.